The van der Waals surface area contributed by atoms with Crippen LogP contribution in [0.15, 0.2) is 48.5 Å². The fourth-order valence-corrected chi connectivity index (χ4v) is 3.44. The number of rotatable bonds is 7. The summed E-state index contributed by atoms with van der Waals surface area (Å²) in [7, 11) is -3.28. The maximum atomic E-state index is 12.0. The smallest absolute Gasteiger partial charge is 0.215 e. The van der Waals surface area contributed by atoms with Crippen LogP contribution in [0.25, 0.3) is 0 Å². The van der Waals surface area contributed by atoms with Crippen molar-refractivity contribution in [2.45, 2.75) is 25.5 Å². The molecule has 1 N–H and O–H groups in total. The van der Waals surface area contributed by atoms with Crippen LogP contribution in [-0.4, -0.2) is 15.0 Å². The van der Waals surface area contributed by atoms with E-state index < -0.39 is 10.0 Å². The van der Waals surface area contributed by atoms with Gasteiger partial charge in [0.1, 0.15) is 0 Å². The Kier molecular flexibility index (Phi) is 6.00. The van der Waals surface area contributed by atoms with E-state index in [1.807, 2.05) is 55.5 Å². The molecule has 0 amide bonds. The van der Waals surface area contributed by atoms with Crippen molar-refractivity contribution in [1.82, 2.24) is 4.72 Å². The predicted octanol–water partition coefficient (Wildman–Crippen LogP) is 3.70. The van der Waals surface area contributed by atoms with Gasteiger partial charge in [0.15, 0.2) is 0 Å². The molecule has 3 nitrogen and oxygen atoms in total. The van der Waals surface area contributed by atoms with Gasteiger partial charge in [0.05, 0.1) is 5.75 Å². The molecule has 0 unspecified atom stereocenters. The second kappa shape index (κ2) is 7.77. The van der Waals surface area contributed by atoms with Crippen LogP contribution in [0, 0.1) is 6.92 Å². The second-order valence-electron chi connectivity index (χ2n) is 5.37. The third kappa shape index (κ3) is 5.79. The first-order chi connectivity index (χ1) is 10.4. The summed E-state index contributed by atoms with van der Waals surface area (Å²) in [6.45, 7) is 2.42. The van der Waals surface area contributed by atoms with Crippen molar-refractivity contribution in [2.75, 3.05) is 6.54 Å². The molecule has 0 atom stereocenters. The number of aryl methyl sites for hydroxylation is 2. The SMILES string of the molecule is Cc1ccc(CS(=O)(=O)NCCCc2ccc(Cl)cc2)cc1. The van der Waals surface area contributed by atoms with Gasteiger partial charge in [-0.25, -0.2) is 13.1 Å². The molecular formula is C17H20ClNO2S. The van der Waals surface area contributed by atoms with Crippen LogP contribution in [0.2, 0.25) is 5.02 Å². The molecule has 0 aliphatic heterocycles. The highest BCUT2D eigenvalue weighted by Crippen LogP contribution is 2.11. The lowest BCUT2D eigenvalue weighted by atomic mass is 10.1. The van der Waals surface area contributed by atoms with Gasteiger partial charge in [0, 0.05) is 11.6 Å². The molecule has 0 aromatic heterocycles. The van der Waals surface area contributed by atoms with Gasteiger partial charge >= 0.3 is 0 Å². The Hall–Kier alpha value is -1.36. The first-order valence-corrected chi connectivity index (χ1v) is 9.25. The fraction of sp³-hybridized carbons (Fsp3) is 0.294. The lowest BCUT2D eigenvalue weighted by Gasteiger charge is -2.07. The third-order valence-corrected chi connectivity index (χ3v) is 4.96. The molecule has 0 bridgehead atoms. The Labute approximate surface area is 137 Å². The molecule has 2 aromatic rings. The highest BCUT2D eigenvalue weighted by atomic mass is 35.5. The molecule has 0 fully saturated rings. The molecule has 0 aliphatic carbocycles. The van der Waals surface area contributed by atoms with Gasteiger partial charge < -0.3 is 0 Å². The van der Waals surface area contributed by atoms with E-state index >= 15 is 0 Å². The van der Waals surface area contributed by atoms with Crippen LogP contribution in [0.3, 0.4) is 0 Å². The summed E-state index contributed by atoms with van der Waals surface area (Å²) < 4.78 is 26.7. The average molecular weight is 338 g/mol. The number of halogens is 1. The Morgan fingerprint density at radius 1 is 0.955 bits per heavy atom. The van der Waals surface area contributed by atoms with Crippen LogP contribution >= 0.6 is 11.6 Å². The first kappa shape index (κ1) is 17.0. The molecule has 0 spiro atoms. The van der Waals surface area contributed by atoms with Crippen LogP contribution in [0.5, 0.6) is 0 Å². The molecular weight excluding hydrogens is 318 g/mol. The van der Waals surface area contributed by atoms with Crippen LogP contribution < -0.4 is 4.72 Å². The summed E-state index contributed by atoms with van der Waals surface area (Å²) in [5.74, 6) is 0.0220. The van der Waals surface area contributed by atoms with E-state index in [1.54, 1.807) is 0 Å². The van der Waals surface area contributed by atoms with Gasteiger partial charge in [-0.3, -0.25) is 0 Å². The van der Waals surface area contributed by atoms with Crippen molar-refractivity contribution < 1.29 is 8.42 Å². The van der Waals surface area contributed by atoms with Gasteiger partial charge in [0.25, 0.3) is 0 Å². The van der Waals surface area contributed by atoms with Crippen molar-refractivity contribution in [3.8, 4) is 0 Å². The highest BCUT2D eigenvalue weighted by Gasteiger charge is 2.10. The minimum absolute atomic E-state index is 0.0220. The molecule has 0 radical (unpaired) electrons. The lowest BCUT2D eigenvalue weighted by Crippen LogP contribution is -2.26. The molecule has 2 aromatic carbocycles. The molecule has 5 heteroatoms. The molecule has 0 aliphatic rings. The van der Waals surface area contributed by atoms with E-state index in [0.29, 0.717) is 11.6 Å². The summed E-state index contributed by atoms with van der Waals surface area (Å²) in [6.07, 6.45) is 1.58. The summed E-state index contributed by atoms with van der Waals surface area (Å²) in [5, 5.41) is 0.711. The lowest BCUT2D eigenvalue weighted by molar-refractivity contribution is 0.578. The van der Waals surface area contributed by atoms with Crippen LogP contribution in [0.1, 0.15) is 23.1 Å². The Morgan fingerprint density at radius 2 is 1.55 bits per heavy atom. The summed E-state index contributed by atoms with van der Waals surface area (Å²) in [5.41, 5.74) is 3.08. The van der Waals surface area contributed by atoms with Gasteiger partial charge in [-0.1, -0.05) is 53.6 Å². The van der Waals surface area contributed by atoms with Gasteiger partial charge in [-0.15, -0.1) is 0 Å². The largest absolute Gasteiger partial charge is 0.215 e. The van der Waals surface area contributed by atoms with Gasteiger partial charge in [0.2, 0.25) is 10.0 Å². The van der Waals surface area contributed by atoms with Gasteiger partial charge in [-0.05, 0) is 43.0 Å². The maximum absolute atomic E-state index is 12.0. The molecule has 2 rings (SSSR count). The molecule has 0 saturated heterocycles. The predicted molar refractivity (Wildman–Crippen MR) is 91.6 cm³/mol. The standard InChI is InChI=1S/C17H20ClNO2S/c1-14-4-6-16(7-5-14)13-22(20,21)19-12-2-3-15-8-10-17(18)11-9-15/h4-11,19H,2-3,12-13H2,1H3. The number of hydrogen-bond donors (Lipinski definition) is 1. The average Bonchev–Trinajstić information content (AvgIpc) is 2.48. The molecule has 22 heavy (non-hydrogen) atoms. The Bertz CT molecular complexity index is 694. The quantitative estimate of drug-likeness (QED) is 0.783. The number of sulfonamides is 1. The fourth-order valence-electron chi connectivity index (χ4n) is 2.13. The maximum Gasteiger partial charge on any atom is 0.215 e. The van der Waals surface area contributed by atoms with E-state index in [4.69, 9.17) is 11.6 Å². The van der Waals surface area contributed by atoms with Crippen LogP contribution in [0.4, 0.5) is 0 Å². The first-order valence-electron chi connectivity index (χ1n) is 7.22. The topological polar surface area (TPSA) is 46.2 Å². The molecule has 0 saturated carbocycles. The van der Waals surface area contributed by atoms with Crippen molar-refractivity contribution >= 4 is 21.6 Å². The van der Waals surface area contributed by atoms with Crippen molar-refractivity contribution in [3.63, 3.8) is 0 Å². The zero-order valence-electron chi connectivity index (χ0n) is 12.5. The third-order valence-electron chi connectivity index (χ3n) is 3.35. The summed E-state index contributed by atoms with van der Waals surface area (Å²) >= 11 is 5.83. The zero-order valence-corrected chi connectivity index (χ0v) is 14.1. The van der Waals surface area contributed by atoms with E-state index in [2.05, 4.69) is 4.72 Å². The van der Waals surface area contributed by atoms with Crippen molar-refractivity contribution in [1.29, 1.82) is 0 Å². The summed E-state index contributed by atoms with van der Waals surface area (Å²) in [4.78, 5) is 0. The second-order valence-corrected chi connectivity index (χ2v) is 7.61. The minimum atomic E-state index is -3.28. The number of benzene rings is 2. The summed E-state index contributed by atoms with van der Waals surface area (Å²) in [6, 6.07) is 15.2. The Balaban J connectivity index is 1.77. The monoisotopic (exact) mass is 337 g/mol. The zero-order chi connectivity index (χ0) is 16.0. The number of nitrogens with one attached hydrogen (secondary N) is 1. The molecule has 118 valence electrons. The van der Waals surface area contributed by atoms with Crippen molar-refractivity contribution in [2.24, 2.45) is 0 Å². The van der Waals surface area contributed by atoms with Gasteiger partial charge in [-0.2, -0.15) is 0 Å². The highest BCUT2D eigenvalue weighted by molar-refractivity contribution is 7.88. The van der Waals surface area contributed by atoms with E-state index in [1.165, 1.54) is 0 Å². The van der Waals surface area contributed by atoms with E-state index in [9.17, 15) is 8.42 Å². The van der Waals surface area contributed by atoms with Crippen molar-refractivity contribution in [3.05, 3.63) is 70.2 Å². The minimum Gasteiger partial charge on any atom is -0.215 e. The normalized spacial score (nSPS) is 11.5. The van der Waals surface area contributed by atoms with E-state index in [0.717, 1.165) is 29.5 Å². The van der Waals surface area contributed by atoms with E-state index in [-0.39, 0.29) is 5.75 Å². The Morgan fingerprint density at radius 3 is 2.18 bits per heavy atom. The van der Waals surface area contributed by atoms with Crippen LogP contribution in [-0.2, 0) is 22.2 Å². The molecule has 0 heterocycles. The number of hydrogen-bond acceptors (Lipinski definition) is 2.